The highest BCUT2D eigenvalue weighted by Gasteiger charge is 2.05. The van der Waals surface area contributed by atoms with E-state index in [-0.39, 0.29) is 0 Å². The highest BCUT2D eigenvalue weighted by Crippen LogP contribution is 2.22. The summed E-state index contributed by atoms with van der Waals surface area (Å²) in [5.41, 5.74) is 2.37. The maximum atomic E-state index is 5.93. The lowest BCUT2D eigenvalue weighted by Gasteiger charge is -2.10. The van der Waals surface area contributed by atoms with Crippen LogP contribution in [-0.2, 0) is 13.1 Å². The van der Waals surface area contributed by atoms with Crippen LogP contribution in [0, 0.1) is 0 Å². The molecule has 0 fully saturated rings. The summed E-state index contributed by atoms with van der Waals surface area (Å²) in [5, 5.41) is 13.0. The smallest absolute Gasteiger partial charge is 0.191 e. The van der Waals surface area contributed by atoms with Crippen LogP contribution in [0.2, 0.25) is 0 Å². The normalized spacial score (nSPS) is 15.4. The molecular weight excluding hydrogens is 340 g/mol. The number of aliphatic imine (C=N–C) groups is 2. The molecule has 0 spiro atoms. The Morgan fingerprint density at radius 2 is 1.15 bits per heavy atom. The number of ether oxygens (including phenoxy) is 1. The van der Waals surface area contributed by atoms with Crippen molar-refractivity contribution < 1.29 is 4.74 Å². The van der Waals surface area contributed by atoms with Gasteiger partial charge in [-0.25, -0.2) is 0 Å². The van der Waals surface area contributed by atoms with Gasteiger partial charge in [-0.05, 0) is 35.4 Å². The lowest BCUT2D eigenvalue weighted by molar-refractivity contribution is 0.482. The lowest BCUT2D eigenvalue weighted by atomic mass is 10.2. The third-order valence-electron chi connectivity index (χ3n) is 4.35. The average Bonchev–Trinajstić information content (AvgIpc) is 3.41. The van der Waals surface area contributed by atoms with E-state index in [9.17, 15) is 0 Å². The molecule has 2 aromatic rings. The molecule has 7 heteroatoms. The number of hydrogen-bond donors (Lipinski definition) is 4. The van der Waals surface area contributed by atoms with Gasteiger partial charge in [0.2, 0.25) is 0 Å². The van der Waals surface area contributed by atoms with Crippen molar-refractivity contribution in [3.63, 3.8) is 0 Å². The Bertz CT molecular complexity index is 744. The van der Waals surface area contributed by atoms with Crippen LogP contribution in [0.15, 0.2) is 58.5 Å². The Labute approximate surface area is 159 Å². The van der Waals surface area contributed by atoms with Crippen LogP contribution in [0.1, 0.15) is 11.1 Å². The van der Waals surface area contributed by atoms with Gasteiger partial charge in [-0.3, -0.25) is 9.98 Å². The lowest BCUT2D eigenvalue weighted by Crippen LogP contribution is -2.33. The zero-order valence-corrected chi connectivity index (χ0v) is 15.2. The van der Waals surface area contributed by atoms with Crippen LogP contribution < -0.4 is 26.0 Å². The molecule has 0 aliphatic carbocycles. The van der Waals surface area contributed by atoms with E-state index in [0.717, 1.165) is 62.7 Å². The van der Waals surface area contributed by atoms with Crippen molar-refractivity contribution in [1.82, 2.24) is 21.3 Å². The van der Waals surface area contributed by atoms with Gasteiger partial charge in [0.25, 0.3) is 0 Å². The standard InChI is InChI=1S/C20H24N6O/c1-5-17(6-2-15(1)13-25-19-21-9-10-22-19)27-18-7-3-16(4-8-18)14-26-20-23-11-12-24-20/h1-8H,9-14H2,(H2,21,22,25)(H2,23,24,26). The maximum absolute atomic E-state index is 5.93. The van der Waals surface area contributed by atoms with Crippen molar-refractivity contribution >= 4 is 11.9 Å². The highest BCUT2D eigenvalue weighted by atomic mass is 16.5. The van der Waals surface area contributed by atoms with Gasteiger partial charge in [0.1, 0.15) is 11.5 Å². The summed E-state index contributed by atoms with van der Waals surface area (Å²) < 4.78 is 5.93. The monoisotopic (exact) mass is 364 g/mol. The van der Waals surface area contributed by atoms with Crippen molar-refractivity contribution in [2.75, 3.05) is 26.2 Å². The summed E-state index contributed by atoms with van der Waals surface area (Å²) in [6.07, 6.45) is 0. The summed E-state index contributed by atoms with van der Waals surface area (Å²) >= 11 is 0. The summed E-state index contributed by atoms with van der Waals surface area (Å²) in [5.74, 6) is 3.40. The zero-order valence-electron chi connectivity index (χ0n) is 15.2. The predicted octanol–water partition coefficient (Wildman–Crippen LogP) is 1.58. The van der Waals surface area contributed by atoms with Crippen LogP contribution in [0.5, 0.6) is 11.5 Å². The molecule has 2 aliphatic rings. The molecule has 4 N–H and O–H groups in total. The maximum Gasteiger partial charge on any atom is 0.191 e. The number of hydrogen-bond acceptors (Lipinski definition) is 7. The van der Waals surface area contributed by atoms with Gasteiger partial charge in [0, 0.05) is 26.2 Å². The molecule has 0 saturated carbocycles. The fourth-order valence-electron chi connectivity index (χ4n) is 2.89. The molecule has 0 amide bonds. The number of rotatable bonds is 6. The van der Waals surface area contributed by atoms with Crippen LogP contribution in [-0.4, -0.2) is 38.1 Å². The molecule has 0 atom stereocenters. The summed E-state index contributed by atoms with van der Waals surface area (Å²) in [6.45, 7) is 5.00. The Kier molecular flexibility index (Phi) is 5.38. The summed E-state index contributed by atoms with van der Waals surface area (Å²) in [4.78, 5) is 8.64. The molecule has 0 bridgehead atoms. The van der Waals surface area contributed by atoms with E-state index >= 15 is 0 Å². The molecule has 0 aromatic heterocycles. The number of nitrogens with zero attached hydrogens (tertiary/aromatic N) is 2. The van der Waals surface area contributed by atoms with E-state index in [1.807, 2.05) is 24.3 Å². The van der Waals surface area contributed by atoms with Gasteiger partial charge >= 0.3 is 0 Å². The number of guanidine groups is 2. The van der Waals surface area contributed by atoms with Crippen molar-refractivity contribution in [3.8, 4) is 11.5 Å². The molecule has 2 aliphatic heterocycles. The van der Waals surface area contributed by atoms with E-state index in [1.165, 1.54) is 11.1 Å². The number of nitrogens with one attached hydrogen (secondary N) is 4. The Hall–Kier alpha value is -3.22. The first-order valence-electron chi connectivity index (χ1n) is 9.25. The van der Waals surface area contributed by atoms with Crippen molar-refractivity contribution in [1.29, 1.82) is 0 Å². The minimum absolute atomic E-state index is 0.744. The molecule has 2 heterocycles. The van der Waals surface area contributed by atoms with Gasteiger partial charge in [0.15, 0.2) is 11.9 Å². The fourth-order valence-corrected chi connectivity index (χ4v) is 2.89. The topological polar surface area (TPSA) is 82.1 Å². The second kappa shape index (κ2) is 8.44. The molecule has 7 nitrogen and oxygen atoms in total. The summed E-state index contributed by atoms with van der Waals surface area (Å²) in [6, 6.07) is 16.2. The van der Waals surface area contributed by atoms with Crippen molar-refractivity contribution in [3.05, 3.63) is 59.7 Å². The average molecular weight is 364 g/mol. The Morgan fingerprint density at radius 3 is 1.52 bits per heavy atom. The second-order valence-electron chi connectivity index (χ2n) is 6.41. The first-order chi connectivity index (χ1) is 13.3. The molecule has 0 radical (unpaired) electrons. The predicted molar refractivity (Wildman–Crippen MR) is 107 cm³/mol. The van der Waals surface area contributed by atoms with Gasteiger partial charge in [0.05, 0.1) is 13.1 Å². The van der Waals surface area contributed by atoms with E-state index < -0.39 is 0 Å². The van der Waals surface area contributed by atoms with E-state index in [4.69, 9.17) is 4.74 Å². The molecule has 4 rings (SSSR count). The van der Waals surface area contributed by atoms with Crippen LogP contribution in [0.3, 0.4) is 0 Å². The third kappa shape index (κ3) is 4.91. The SMILES string of the molecule is c1cc(Oc2ccc(CNC3=NCCN3)cc2)ccc1CNC1=NCCN1. The summed E-state index contributed by atoms with van der Waals surface area (Å²) in [7, 11) is 0. The molecule has 0 unspecified atom stereocenters. The molecule has 140 valence electrons. The molecular formula is C20H24N6O. The third-order valence-corrected chi connectivity index (χ3v) is 4.35. The van der Waals surface area contributed by atoms with E-state index in [0.29, 0.717) is 0 Å². The first kappa shape index (κ1) is 17.2. The van der Waals surface area contributed by atoms with Gasteiger partial charge in [-0.1, -0.05) is 24.3 Å². The van der Waals surface area contributed by atoms with E-state index in [1.54, 1.807) is 0 Å². The fraction of sp³-hybridized carbons (Fsp3) is 0.300. The molecule has 0 saturated heterocycles. The van der Waals surface area contributed by atoms with Crippen molar-refractivity contribution in [2.24, 2.45) is 9.98 Å². The second-order valence-corrected chi connectivity index (χ2v) is 6.41. The first-order valence-corrected chi connectivity index (χ1v) is 9.25. The van der Waals surface area contributed by atoms with E-state index in [2.05, 4.69) is 55.5 Å². The van der Waals surface area contributed by atoms with Gasteiger partial charge in [-0.15, -0.1) is 0 Å². The Balaban J connectivity index is 1.26. The minimum Gasteiger partial charge on any atom is -0.457 e. The molecule has 27 heavy (non-hydrogen) atoms. The van der Waals surface area contributed by atoms with Crippen molar-refractivity contribution in [2.45, 2.75) is 13.1 Å². The minimum atomic E-state index is 0.744. The zero-order chi connectivity index (χ0) is 18.3. The van der Waals surface area contributed by atoms with Crippen LogP contribution >= 0.6 is 0 Å². The number of benzene rings is 2. The van der Waals surface area contributed by atoms with Gasteiger partial charge < -0.3 is 26.0 Å². The highest BCUT2D eigenvalue weighted by molar-refractivity contribution is 5.81. The molecule has 2 aromatic carbocycles. The van der Waals surface area contributed by atoms with Crippen LogP contribution in [0.25, 0.3) is 0 Å². The van der Waals surface area contributed by atoms with Gasteiger partial charge in [-0.2, -0.15) is 0 Å². The quantitative estimate of drug-likeness (QED) is 0.626. The largest absolute Gasteiger partial charge is 0.457 e. The Morgan fingerprint density at radius 1 is 0.704 bits per heavy atom. The van der Waals surface area contributed by atoms with Crippen LogP contribution in [0.4, 0.5) is 0 Å².